The molecule has 0 bridgehead atoms. The summed E-state index contributed by atoms with van der Waals surface area (Å²) in [4.78, 5) is 0. The summed E-state index contributed by atoms with van der Waals surface area (Å²) in [6.07, 6.45) is 0. The van der Waals surface area contributed by atoms with Crippen LogP contribution >= 0.6 is 0 Å². The van der Waals surface area contributed by atoms with Crippen molar-refractivity contribution in [2.75, 3.05) is 0 Å². The predicted molar refractivity (Wildman–Crippen MR) is 38.2 cm³/mol. The molecule has 0 aliphatic rings. The first-order valence-electron chi connectivity index (χ1n) is 2.71. The fourth-order valence-electron chi connectivity index (χ4n) is 0.655. The summed E-state index contributed by atoms with van der Waals surface area (Å²) in [7, 11) is 0. The quantitative estimate of drug-likeness (QED) is 0.691. The van der Waals surface area contributed by atoms with E-state index in [-0.39, 0.29) is 0 Å². The molecular weight excluding hydrogens is 307 g/mol. The van der Waals surface area contributed by atoms with Gasteiger partial charge in [-0.3, -0.25) is 0 Å². The molecule has 9 heavy (non-hydrogen) atoms. The zero-order valence-electron chi connectivity index (χ0n) is 5.18. The predicted octanol–water partition coefficient (Wildman–Crippen LogP) is 0.494. The van der Waals surface area contributed by atoms with Crippen molar-refractivity contribution in [2.45, 2.75) is 6.92 Å². The Hall–Kier alpha value is -0.0579. The summed E-state index contributed by atoms with van der Waals surface area (Å²) in [5.74, 6) is 0.398. The molecule has 3 radical (unpaired) electrons. The molecule has 0 atom stereocenters. The Kier molecular flexibility index (Phi) is 2.10. The number of hydrogen-bond acceptors (Lipinski definition) is 1. The third-order valence-corrected chi connectivity index (χ3v) is 2.41. The third kappa shape index (κ3) is 1.67. The molecule has 1 aromatic carbocycles. The molecule has 0 spiro atoms. The van der Waals surface area contributed by atoms with E-state index in [2.05, 4.69) is 0 Å². The summed E-state index contributed by atoms with van der Waals surface area (Å²) in [5.41, 5.74) is 0.975. The molecule has 0 aliphatic carbocycles. The zero-order valence-corrected chi connectivity index (χ0v) is 9.07. The van der Waals surface area contributed by atoms with Gasteiger partial charge in [-0.25, -0.2) is 0 Å². The molecule has 0 heterocycles. The number of rotatable bonds is 0. The van der Waals surface area contributed by atoms with E-state index in [1.165, 1.54) is 3.12 Å². The molecule has 0 saturated carbocycles. The number of hydrogen-bond donors (Lipinski definition) is 1. The Morgan fingerprint density at radius 1 is 1.44 bits per heavy atom. The van der Waals surface area contributed by atoms with Gasteiger partial charge in [-0.1, -0.05) is 0 Å². The molecule has 0 aromatic heterocycles. The van der Waals surface area contributed by atoms with Gasteiger partial charge < -0.3 is 0 Å². The second-order valence-corrected chi connectivity index (χ2v) is 4.25. The molecule has 0 aliphatic heterocycles. The van der Waals surface area contributed by atoms with E-state index >= 15 is 0 Å². The topological polar surface area (TPSA) is 20.2 Å². The molecule has 1 nitrogen and oxygen atoms in total. The summed E-state index contributed by atoms with van der Waals surface area (Å²) in [6, 6.07) is 5.72. The molecule has 2 heteroatoms. The first-order valence-corrected chi connectivity index (χ1v) is 4.66. The first-order chi connectivity index (χ1) is 4.20. The van der Waals surface area contributed by atoms with Gasteiger partial charge in [0.15, 0.2) is 0 Å². The number of aryl methyl sites for hydroxylation is 1. The van der Waals surface area contributed by atoms with Gasteiger partial charge in [0.2, 0.25) is 0 Å². The summed E-state index contributed by atoms with van der Waals surface area (Å²) < 4.78 is 1.32. The Balaban J connectivity index is 3.17. The van der Waals surface area contributed by atoms with E-state index in [1.54, 1.807) is 6.07 Å². The average Bonchev–Trinajstić information content (AvgIpc) is 1.80. The molecule has 0 fully saturated rings. The Bertz CT molecular complexity index is 220. The molecule has 1 rings (SSSR count). The monoisotopic (exact) mass is 315 g/mol. The van der Waals surface area contributed by atoms with Crippen LogP contribution in [0.15, 0.2) is 18.2 Å². The molecule has 45 valence electrons. The standard InChI is InChI=1S/C7H7O.Pb/c1-6-4-2-3-5-7(6)8;/h3-5,8H,1H3;. The van der Waals surface area contributed by atoms with E-state index in [0.29, 0.717) is 5.75 Å². The molecule has 1 N–H and O–H groups in total. The van der Waals surface area contributed by atoms with Crippen molar-refractivity contribution in [3.05, 3.63) is 23.8 Å². The minimum absolute atomic E-state index is 0.398. The van der Waals surface area contributed by atoms with E-state index < -0.39 is 0 Å². The van der Waals surface area contributed by atoms with Crippen LogP contribution in [0.5, 0.6) is 5.75 Å². The molecular formula is C7H7OPb. The van der Waals surface area contributed by atoms with Gasteiger partial charge in [0.1, 0.15) is 0 Å². The molecule has 0 amide bonds. The Morgan fingerprint density at radius 2 is 2.11 bits per heavy atom. The van der Waals surface area contributed by atoms with Crippen LogP contribution in [0.3, 0.4) is 0 Å². The van der Waals surface area contributed by atoms with Crippen LogP contribution in [0.1, 0.15) is 5.56 Å². The Labute approximate surface area is 70.4 Å². The van der Waals surface area contributed by atoms with E-state index in [0.717, 1.165) is 31.3 Å². The normalized spacial score (nSPS) is 9.56. The van der Waals surface area contributed by atoms with Gasteiger partial charge in [-0.15, -0.1) is 0 Å². The first kappa shape index (κ1) is 7.05. The van der Waals surface area contributed by atoms with Gasteiger partial charge in [0.25, 0.3) is 0 Å². The van der Waals surface area contributed by atoms with Crippen LogP contribution in [-0.2, 0) is 0 Å². The van der Waals surface area contributed by atoms with Gasteiger partial charge in [0, 0.05) is 0 Å². The van der Waals surface area contributed by atoms with Crippen LogP contribution in [0, 0.1) is 6.92 Å². The summed E-state index contributed by atoms with van der Waals surface area (Å²) >= 11 is 1.06. The maximum atomic E-state index is 9.06. The second-order valence-electron chi connectivity index (χ2n) is 2.00. The van der Waals surface area contributed by atoms with Gasteiger partial charge in [-0.2, -0.15) is 0 Å². The van der Waals surface area contributed by atoms with Crippen molar-refractivity contribution in [3.63, 3.8) is 0 Å². The fourth-order valence-corrected chi connectivity index (χ4v) is 1.82. The van der Waals surface area contributed by atoms with Crippen LogP contribution in [-0.4, -0.2) is 30.9 Å². The number of phenols is 1. The average molecular weight is 314 g/mol. The van der Waals surface area contributed by atoms with Crippen LogP contribution in [0.2, 0.25) is 0 Å². The van der Waals surface area contributed by atoms with Crippen LogP contribution in [0.4, 0.5) is 0 Å². The fraction of sp³-hybridized carbons (Fsp3) is 0.143. The molecule has 1 aromatic rings. The second kappa shape index (κ2) is 2.68. The third-order valence-electron chi connectivity index (χ3n) is 1.20. The summed E-state index contributed by atoms with van der Waals surface area (Å²) in [6.45, 7) is 1.91. The van der Waals surface area contributed by atoms with Crippen molar-refractivity contribution >= 4 is 28.9 Å². The molecule has 0 saturated heterocycles. The number of phenolic OH excluding ortho intramolecular Hbond substituents is 1. The zero-order chi connectivity index (χ0) is 6.85. The van der Waals surface area contributed by atoms with Crippen molar-refractivity contribution in [1.82, 2.24) is 0 Å². The van der Waals surface area contributed by atoms with Gasteiger partial charge in [-0.05, 0) is 0 Å². The minimum atomic E-state index is 0.398. The number of aromatic hydroxyl groups is 1. The van der Waals surface area contributed by atoms with E-state index in [1.807, 2.05) is 19.1 Å². The van der Waals surface area contributed by atoms with Crippen molar-refractivity contribution in [2.24, 2.45) is 0 Å². The van der Waals surface area contributed by atoms with Crippen molar-refractivity contribution in [1.29, 1.82) is 0 Å². The molecule has 0 unspecified atom stereocenters. The van der Waals surface area contributed by atoms with Crippen molar-refractivity contribution in [3.8, 4) is 5.75 Å². The van der Waals surface area contributed by atoms with E-state index in [9.17, 15) is 0 Å². The Morgan fingerprint density at radius 3 is 2.56 bits per heavy atom. The SMILES string of the molecule is Cc1c[c]([Pb])ccc1O. The van der Waals surface area contributed by atoms with Crippen LogP contribution in [0.25, 0.3) is 0 Å². The van der Waals surface area contributed by atoms with Crippen molar-refractivity contribution < 1.29 is 5.11 Å². The van der Waals surface area contributed by atoms with Gasteiger partial charge >= 0.3 is 70.4 Å². The maximum absolute atomic E-state index is 9.06. The summed E-state index contributed by atoms with van der Waals surface area (Å²) in [5, 5.41) is 9.06. The van der Waals surface area contributed by atoms with Gasteiger partial charge in [0.05, 0.1) is 0 Å². The van der Waals surface area contributed by atoms with Crippen LogP contribution < -0.4 is 3.12 Å². The van der Waals surface area contributed by atoms with E-state index in [4.69, 9.17) is 5.11 Å². The number of benzene rings is 1.